The second kappa shape index (κ2) is 5.87. The average molecular weight is 372 g/mol. The number of ether oxygens (including phenoxy) is 2. The van der Waals surface area contributed by atoms with E-state index in [1.54, 1.807) is 7.11 Å². The fraction of sp³-hybridized carbons (Fsp3) is 0.550. The summed E-state index contributed by atoms with van der Waals surface area (Å²) in [4.78, 5) is 18.5. The molecule has 3 atom stereocenters. The number of allylic oxidation sites excluding steroid dienone is 2. The van der Waals surface area contributed by atoms with Crippen LogP contribution in [-0.2, 0) is 21.5 Å². The highest BCUT2D eigenvalue weighted by atomic mass is 16.7. The summed E-state index contributed by atoms with van der Waals surface area (Å²) in [5.74, 6) is 1.97. The highest BCUT2D eigenvalue weighted by Crippen LogP contribution is 2.64. The van der Waals surface area contributed by atoms with Crippen molar-refractivity contribution in [3.8, 4) is 11.5 Å². The van der Waals surface area contributed by atoms with Gasteiger partial charge in [-0.15, -0.1) is 0 Å². The highest BCUT2D eigenvalue weighted by molar-refractivity contribution is 5.68. The lowest BCUT2D eigenvalue weighted by Crippen LogP contribution is -2.60. The summed E-state index contributed by atoms with van der Waals surface area (Å²) in [5, 5.41) is 8.86. The molecule has 2 aliphatic heterocycles. The van der Waals surface area contributed by atoms with Crippen molar-refractivity contribution < 1.29 is 24.2 Å². The maximum Gasteiger partial charge on any atom is 0.332 e. The molecule has 1 aromatic rings. The molecule has 2 N–H and O–H groups in total. The smallest absolute Gasteiger partial charge is 0.332 e. The Kier molecular flexibility index (Phi) is 3.67. The van der Waals surface area contributed by atoms with E-state index < -0.39 is 5.97 Å². The lowest BCUT2D eigenvalue weighted by Gasteiger charge is -2.55. The number of nitrogens with one attached hydrogen (secondary N) is 1. The van der Waals surface area contributed by atoms with E-state index in [2.05, 4.69) is 23.5 Å². The molecule has 0 radical (unpaired) electrons. The Balaban J connectivity index is 1.66. The maximum absolute atomic E-state index is 10.8. The fourth-order valence-corrected chi connectivity index (χ4v) is 5.75. The van der Waals surface area contributed by atoms with Gasteiger partial charge in [-0.2, -0.15) is 0 Å². The van der Waals surface area contributed by atoms with Crippen LogP contribution in [0.1, 0.15) is 30.4 Å². The first-order valence-electron chi connectivity index (χ1n) is 9.48. The number of hydroxylamine groups is 1. The molecule has 7 nitrogen and oxygen atoms in total. The van der Waals surface area contributed by atoms with Crippen LogP contribution < -0.4 is 15.0 Å². The summed E-state index contributed by atoms with van der Waals surface area (Å²) in [6.45, 7) is 0.619. The van der Waals surface area contributed by atoms with Gasteiger partial charge in [0.05, 0.1) is 18.2 Å². The molecule has 5 rings (SSSR count). The van der Waals surface area contributed by atoms with Gasteiger partial charge in [0.25, 0.3) is 0 Å². The quantitative estimate of drug-likeness (QED) is 0.763. The zero-order valence-electron chi connectivity index (χ0n) is 15.6. The minimum Gasteiger partial charge on any atom is -0.493 e. The number of carbonyl (C=O) groups is 1. The number of rotatable bonds is 5. The number of nitrogens with zero attached hydrogens (tertiary/aromatic N) is 1. The van der Waals surface area contributed by atoms with Gasteiger partial charge in [0.1, 0.15) is 5.76 Å². The van der Waals surface area contributed by atoms with Crippen molar-refractivity contribution in [1.82, 2.24) is 10.4 Å². The van der Waals surface area contributed by atoms with Gasteiger partial charge in [0.2, 0.25) is 0 Å². The molecule has 0 unspecified atom stereocenters. The lowest BCUT2D eigenvalue weighted by molar-refractivity contribution is -0.144. The third-order valence-corrected chi connectivity index (χ3v) is 6.81. The number of hydrogen-bond acceptors (Lipinski definition) is 6. The van der Waals surface area contributed by atoms with E-state index in [-0.39, 0.29) is 12.0 Å². The largest absolute Gasteiger partial charge is 0.493 e. The van der Waals surface area contributed by atoms with Gasteiger partial charge in [-0.05, 0) is 56.8 Å². The number of carboxylic acids is 1. The van der Waals surface area contributed by atoms with Gasteiger partial charge in [0.15, 0.2) is 18.1 Å². The van der Waals surface area contributed by atoms with Crippen LogP contribution in [0, 0.1) is 5.92 Å². The van der Waals surface area contributed by atoms with E-state index in [4.69, 9.17) is 19.4 Å². The van der Waals surface area contributed by atoms with E-state index in [0.717, 1.165) is 55.2 Å². The molecular weight excluding hydrogens is 348 g/mol. The Morgan fingerprint density at radius 1 is 1.48 bits per heavy atom. The molecule has 2 aliphatic carbocycles. The van der Waals surface area contributed by atoms with Crippen LogP contribution in [0.5, 0.6) is 11.5 Å². The minimum atomic E-state index is -1.00. The Morgan fingerprint density at radius 3 is 3.11 bits per heavy atom. The molecule has 4 aliphatic rings. The number of piperidine rings is 1. The summed E-state index contributed by atoms with van der Waals surface area (Å²) in [7, 11) is 3.89. The maximum atomic E-state index is 10.8. The van der Waals surface area contributed by atoms with Crippen LogP contribution in [0.25, 0.3) is 0 Å². The van der Waals surface area contributed by atoms with Crippen LogP contribution in [0.3, 0.4) is 0 Å². The first-order valence-corrected chi connectivity index (χ1v) is 9.48. The van der Waals surface area contributed by atoms with Gasteiger partial charge in [0, 0.05) is 11.6 Å². The molecule has 0 saturated carbocycles. The highest BCUT2D eigenvalue weighted by Gasteiger charge is 2.62. The molecule has 2 bridgehead atoms. The zero-order chi connectivity index (χ0) is 18.8. The Hall–Kier alpha value is -2.25. The fourth-order valence-electron chi connectivity index (χ4n) is 5.75. The number of carboxylic acid groups (broad SMARTS) is 1. The van der Waals surface area contributed by atoms with Gasteiger partial charge >= 0.3 is 5.97 Å². The molecular formula is C20H24N2O5. The Bertz CT molecular complexity index is 851. The summed E-state index contributed by atoms with van der Waals surface area (Å²) in [6.07, 6.45) is 3.83. The van der Waals surface area contributed by atoms with Crippen molar-refractivity contribution >= 4 is 5.97 Å². The average Bonchev–Trinajstić information content (AvgIpc) is 3.00. The molecule has 0 amide bonds. The van der Waals surface area contributed by atoms with Crippen molar-refractivity contribution in [3.05, 3.63) is 34.7 Å². The van der Waals surface area contributed by atoms with Crippen molar-refractivity contribution in [2.45, 2.75) is 37.1 Å². The lowest BCUT2D eigenvalue weighted by atomic mass is 9.54. The third kappa shape index (κ3) is 2.18. The molecule has 7 heteroatoms. The minimum absolute atomic E-state index is 0.165. The zero-order valence-corrected chi connectivity index (χ0v) is 15.6. The second-order valence-electron chi connectivity index (χ2n) is 7.94. The monoisotopic (exact) mass is 372 g/mol. The number of benzene rings is 1. The van der Waals surface area contributed by atoms with E-state index in [9.17, 15) is 4.79 Å². The van der Waals surface area contributed by atoms with E-state index in [1.165, 1.54) is 11.1 Å². The molecule has 27 heavy (non-hydrogen) atoms. The van der Waals surface area contributed by atoms with Crippen LogP contribution in [-0.4, -0.2) is 49.3 Å². The first-order chi connectivity index (χ1) is 13.1. The van der Waals surface area contributed by atoms with Gasteiger partial charge in [-0.25, -0.2) is 4.79 Å². The Morgan fingerprint density at radius 2 is 2.33 bits per heavy atom. The summed E-state index contributed by atoms with van der Waals surface area (Å²) < 4.78 is 12.0. The topological polar surface area (TPSA) is 80.3 Å². The van der Waals surface area contributed by atoms with Crippen LogP contribution in [0.4, 0.5) is 0 Å². The standard InChI is InChI=1S/C20H24N2O5/c1-22-8-7-20-12-4-5-13(21-26-10-16(23)24)19(20)27-18-15(25-2)6-3-11(17(18)20)9-14(12)22/h3,6,12,14,21H,4-5,7-10H2,1-2H3,(H,23,24)/t12-,14+,20-/m0/s1. The Labute approximate surface area is 157 Å². The van der Waals surface area contributed by atoms with E-state index in [0.29, 0.717) is 12.0 Å². The number of aliphatic carboxylic acids is 1. The summed E-state index contributed by atoms with van der Waals surface area (Å²) in [5.41, 5.74) is 6.20. The van der Waals surface area contributed by atoms with Crippen LogP contribution in [0.15, 0.2) is 23.6 Å². The predicted octanol–water partition coefficient (Wildman–Crippen LogP) is 1.81. The van der Waals surface area contributed by atoms with Crippen molar-refractivity contribution in [2.24, 2.45) is 5.92 Å². The van der Waals surface area contributed by atoms with Crippen molar-refractivity contribution in [1.29, 1.82) is 0 Å². The molecule has 144 valence electrons. The SMILES string of the molecule is COc1ccc2c3c1OC1=C(NOCC(=O)O)CC[C@H]4[C@@H](C2)N(C)CC[C@@]134. The first kappa shape index (κ1) is 16.9. The van der Waals surface area contributed by atoms with E-state index in [1.807, 2.05) is 6.07 Å². The van der Waals surface area contributed by atoms with Gasteiger partial charge in [-0.3, -0.25) is 10.3 Å². The molecule has 0 aromatic heterocycles. The molecule has 1 aromatic carbocycles. The number of hydrogen-bond donors (Lipinski definition) is 2. The van der Waals surface area contributed by atoms with Gasteiger partial charge < -0.3 is 19.5 Å². The van der Waals surface area contributed by atoms with Crippen LogP contribution in [0.2, 0.25) is 0 Å². The molecule has 1 fully saturated rings. The van der Waals surface area contributed by atoms with E-state index >= 15 is 0 Å². The second-order valence-corrected chi connectivity index (χ2v) is 7.94. The molecule has 2 heterocycles. The number of likely N-dealkylation sites (N-methyl/N-ethyl adjacent to an activating group) is 1. The van der Waals surface area contributed by atoms with Crippen molar-refractivity contribution in [2.75, 3.05) is 27.3 Å². The van der Waals surface area contributed by atoms with Gasteiger partial charge in [-0.1, -0.05) is 6.07 Å². The normalized spacial score (nSPS) is 30.6. The summed E-state index contributed by atoms with van der Waals surface area (Å²) >= 11 is 0. The third-order valence-electron chi connectivity index (χ3n) is 6.81. The van der Waals surface area contributed by atoms with Crippen LogP contribution >= 0.6 is 0 Å². The summed E-state index contributed by atoms with van der Waals surface area (Å²) in [6, 6.07) is 4.66. The number of likely N-dealkylation sites (tertiary alicyclic amines) is 1. The molecule has 1 spiro atoms. The predicted molar refractivity (Wildman–Crippen MR) is 96.5 cm³/mol. The molecule has 1 saturated heterocycles. The van der Waals surface area contributed by atoms with Crippen molar-refractivity contribution in [3.63, 3.8) is 0 Å². The number of methoxy groups -OCH3 is 1.